The molecule has 0 saturated carbocycles. The fraction of sp³-hybridized carbons (Fsp3) is 0.0909. The van der Waals surface area contributed by atoms with Crippen molar-refractivity contribution in [3.63, 3.8) is 0 Å². The number of nitrogen functional groups attached to an aromatic ring is 1. The molecule has 0 amide bonds. The molecule has 0 atom stereocenters. The maximum atomic E-state index is 7.47. The van der Waals surface area contributed by atoms with Crippen molar-refractivity contribution in [3.8, 4) is 0 Å². The van der Waals surface area contributed by atoms with Gasteiger partial charge in [0, 0.05) is 22.9 Å². The lowest BCUT2D eigenvalue weighted by Gasteiger charge is -2.05. The van der Waals surface area contributed by atoms with Crippen molar-refractivity contribution >= 4 is 17.6 Å². The second-order valence-corrected chi connectivity index (χ2v) is 4.31. The number of pyridine rings is 1. The van der Waals surface area contributed by atoms with Crippen LogP contribution in [0.2, 0.25) is 0 Å². The first-order chi connectivity index (χ1) is 7.68. The van der Waals surface area contributed by atoms with E-state index < -0.39 is 0 Å². The molecule has 2 aromatic heterocycles. The van der Waals surface area contributed by atoms with Crippen LogP contribution in [0.15, 0.2) is 45.0 Å². The lowest BCUT2D eigenvalue weighted by Crippen LogP contribution is -2.12. The fourth-order valence-electron chi connectivity index (χ4n) is 1.28. The van der Waals surface area contributed by atoms with Crippen LogP contribution < -0.4 is 5.73 Å². The molecule has 0 aliphatic rings. The molecule has 0 bridgehead atoms. The van der Waals surface area contributed by atoms with Crippen LogP contribution in [0, 0.1) is 12.3 Å². The monoisotopic (exact) mass is 233 g/mol. The molecule has 4 nitrogen and oxygen atoms in total. The summed E-state index contributed by atoms with van der Waals surface area (Å²) in [7, 11) is 0. The zero-order valence-corrected chi connectivity index (χ0v) is 9.54. The topological polar surface area (TPSA) is 75.9 Å². The van der Waals surface area contributed by atoms with Crippen LogP contribution in [-0.2, 0) is 0 Å². The molecule has 2 aromatic rings. The van der Waals surface area contributed by atoms with Crippen LogP contribution in [0.1, 0.15) is 11.3 Å². The highest BCUT2D eigenvalue weighted by Gasteiger charge is 2.09. The average Bonchev–Trinajstić information content (AvgIpc) is 2.65. The third kappa shape index (κ3) is 2.09. The van der Waals surface area contributed by atoms with Gasteiger partial charge in [-0.3, -0.25) is 10.4 Å². The van der Waals surface area contributed by atoms with Crippen molar-refractivity contribution in [1.82, 2.24) is 4.98 Å². The van der Waals surface area contributed by atoms with E-state index in [4.69, 9.17) is 15.6 Å². The van der Waals surface area contributed by atoms with E-state index in [1.54, 1.807) is 24.7 Å². The number of nitrogens with one attached hydrogen (secondary N) is 1. The number of furan rings is 1. The molecule has 2 heterocycles. The Kier molecular flexibility index (Phi) is 2.96. The molecule has 2 rings (SSSR count). The van der Waals surface area contributed by atoms with Gasteiger partial charge in [0.15, 0.2) is 0 Å². The number of amidine groups is 1. The van der Waals surface area contributed by atoms with Crippen LogP contribution >= 0.6 is 11.8 Å². The summed E-state index contributed by atoms with van der Waals surface area (Å²) in [5.41, 5.74) is 6.20. The second-order valence-electron chi connectivity index (χ2n) is 3.23. The molecule has 0 unspecified atom stereocenters. The van der Waals surface area contributed by atoms with Crippen molar-refractivity contribution in [1.29, 1.82) is 5.41 Å². The van der Waals surface area contributed by atoms with Gasteiger partial charge in [0.2, 0.25) is 0 Å². The van der Waals surface area contributed by atoms with Gasteiger partial charge in [0.05, 0.1) is 11.2 Å². The number of nitrogens with two attached hydrogens (primary N) is 1. The van der Waals surface area contributed by atoms with Crippen molar-refractivity contribution in [2.24, 2.45) is 5.73 Å². The van der Waals surface area contributed by atoms with Gasteiger partial charge in [-0.25, -0.2) is 0 Å². The third-order valence-corrected chi connectivity index (χ3v) is 3.29. The maximum absolute atomic E-state index is 7.47. The highest BCUT2D eigenvalue weighted by atomic mass is 32.2. The fourth-order valence-corrected chi connectivity index (χ4v) is 2.24. The zero-order chi connectivity index (χ0) is 11.5. The Morgan fingerprint density at radius 2 is 2.25 bits per heavy atom. The Labute approximate surface area is 97.4 Å². The first-order valence-corrected chi connectivity index (χ1v) is 5.50. The predicted molar refractivity (Wildman–Crippen MR) is 62.8 cm³/mol. The van der Waals surface area contributed by atoms with Gasteiger partial charge in [-0.2, -0.15) is 0 Å². The van der Waals surface area contributed by atoms with Crippen LogP contribution in [0.5, 0.6) is 0 Å². The predicted octanol–water partition coefficient (Wildman–Crippen LogP) is 2.42. The number of hydrogen-bond donors (Lipinski definition) is 2. The molecule has 0 aliphatic heterocycles. The summed E-state index contributed by atoms with van der Waals surface area (Å²) in [6.07, 6.45) is 4.97. The molecule has 3 N–H and O–H groups in total. The number of nitrogens with zero attached hydrogens (tertiary/aromatic N) is 1. The molecular formula is C11H11N3OS. The van der Waals surface area contributed by atoms with Gasteiger partial charge in [-0.15, -0.1) is 0 Å². The van der Waals surface area contributed by atoms with E-state index >= 15 is 0 Å². The van der Waals surface area contributed by atoms with E-state index in [1.165, 1.54) is 11.8 Å². The minimum Gasteiger partial charge on any atom is -0.468 e. The Hall–Kier alpha value is -1.75. The lowest BCUT2D eigenvalue weighted by atomic mass is 10.2. The summed E-state index contributed by atoms with van der Waals surface area (Å²) in [6, 6.07) is 3.62. The zero-order valence-electron chi connectivity index (χ0n) is 8.73. The van der Waals surface area contributed by atoms with Gasteiger partial charge in [-0.1, -0.05) is 11.8 Å². The Morgan fingerprint density at radius 1 is 1.44 bits per heavy atom. The molecule has 82 valence electrons. The highest BCUT2D eigenvalue weighted by Crippen LogP contribution is 2.32. The van der Waals surface area contributed by atoms with Crippen molar-refractivity contribution in [3.05, 3.63) is 42.1 Å². The molecule has 0 aromatic carbocycles. The molecule has 0 saturated heterocycles. The number of aryl methyl sites for hydroxylation is 1. The van der Waals surface area contributed by atoms with E-state index in [0.29, 0.717) is 5.56 Å². The first-order valence-electron chi connectivity index (χ1n) is 4.69. The summed E-state index contributed by atoms with van der Waals surface area (Å²) < 4.78 is 5.21. The number of aromatic nitrogens is 1. The van der Waals surface area contributed by atoms with Crippen molar-refractivity contribution in [2.45, 2.75) is 16.7 Å². The summed E-state index contributed by atoms with van der Waals surface area (Å²) in [5.74, 6) is 0.898. The van der Waals surface area contributed by atoms with E-state index in [0.717, 1.165) is 15.6 Å². The molecule has 0 spiro atoms. The Morgan fingerprint density at radius 3 is 2.88 bits per heavy atom. The average molecular weight is 233 g/mol. The highest BCUT2D eigenvalue weighted by molar-refractivity contribution is 7.99. The van der Waals surface area contributed by atoms with Gasteiger partial charge in [0.25, 0.3) is 0 Å². The Bertz CT molecular complexity index is 521. The molecule has 0 aliphatic carbocycles. The second kappa shape index (κ2) is 4.40. The van der Waals surface area contributed by atoms with E-state index in [1.807, 2.05) is 13.0 Å². The van der Waals surface area contributed by atoms with Gasteiger partial charge in [-0.05, 0) is 19.1 Å². The van der Waals surface area contributed by atoms with Crippen LogP contribution in [-0.4, -0.2) is 10.8 Å². The lowest BCUT2D eigenvalue weighted by molar-refractivity contribution is 0.527. The third-order valence-electron chi connectivity index (χ3n) is 2.11. The van der Waals surface area contributed by atoms with E-state index in [-0.39, 0.29) is 5.84 Å². The van der Waals surface area contributed by atoms with Crippen molar-refractivity contribution in [2.75, 3.05) is 0 Å². The summed E-state index contributed by atoms with van der Waals surface area (Å²) in [5, 5.41) is 7.47. The molecule has 5 heteroatoms. The van der Waals surface area contributed by atoms with Gasteiger partial charge in [0.1, 0.15) is 11.6 Å². The minimum atomic E-state index is 0.0473. The normalized spacial score (nSPS) is 10.3. The smallest absolute Gasteiger partial charge is 0.124 e. The Balaban J connectivity index is 2.35. The number of rotatable bonds is 3. The standard InChI is InChI=1S/C11H11N3OS/c1-7-9(3-5-15-7)16-10-6-14-4-2-8(10)11(12)13/h2-6H,1H3,(H3,12,13). The minimum absolute atomic E-state index is 0.0473. The van der Waals surface area contributed by atoms with Crippen molar-refractivity contribution < 1.29 is 4.42 Å². The van der Waals surface area contributed by atoms with Crippen LogP contribution in [0.25, 0.3) is 0 Å². The quantitative estimate of drug-likeness (QED) is 0.630. The van der Waals surface area contributed by atoms with Gasteiger partial charge < -0.3 is 10.2 Å². The molecule has 0 radical (unpaired) electrons. The SMILES string of the molecule is Cc1occc1Sc1cnccc1C(=N)N. The van der Waals surface area contributed by atoms with E-state index in [2.05, 4.69) is 4.98 Å². The van der Waals surface area contributed by atoms with Crippen LogP contribution in [0.4, 0.5) is 0 Å². The molecule has 0 fully saturated rings. The largest absolute Gasteiger partial charge is 0.468 e. The number of hydrogen-bond acceptors (Lipinski definition) is 4. The maximum Gasteiger partial charge on any atom is 0.124 e. The first kappa shape index (κ1) is 10.8. The summed E-state index contributed by atoms with van der Waals surface area (Å²) in [4.78, 5) is 5.90. The van der Waals surface area contributed by atoms with Crippen LogP contribution in [0.3, 0.4) is 0 Å². The van der Waals surface area contributed by atoms with E-state index in [9.17, 15) is 0 Å². The molecule has 16 heavy (non-hydrogen) atoms. The van der Waals surface area contributed by atoms with Gasteiger partial charge >= 0.3 is 0 Å². The summed E-state index contributed by atoms with van der Waals surface area (Å²) in [6.45, 7) is 1.89. The summed E-state index contributed by atoms with van der Waals surface area (Å²) >= 11 is 1.50. The molecular weight excluding hydrogens is 222 g/mol.